The lowest BCUT2D eigenvalue weighted by Crippen LogP contribution is -2.23. The normalized spacial score (nSPS) is 10.2. The van der Waals surface area contributed by atoms with Crippen molar-refractivity contribution >= 4 is 5.91 Å². The summed E-state index contributed by atoms with van der Waals surface area (Å²) in [4.78, 5) is 11.8. The van der Waals surface area contributed by atoms with E-state index in [2.05, 4.69) is 5.32 Å². The summed E-state index contributed by atoms with van der Waals surface area (Å²) in [5.74, 6) is 0.462. The molecule has 0 saturated heterocycles. The van der Waals surface area contributed by atoms with E-state index < -0.39 is 0 Å². The van der Waals surface area contributed by atoms with Gasteiger partial charge in [-0.1, -0.05) is 24.3 Å². The minimum Gasteiger partial charge on any atom is -0.497 e. The van der Waals surface area contributed by atoms with E-state index in [1.807, 2.05) is 24.3 Å². The molecule has 0 aliphatic heterocycles. The molecule has 3 nitrogen and oxygen atoms in total. The maximum Gasteiger partial charge on any atom is 0.220 e. The lowest BCUT2D eigenvalue weighted by Gasteiger charge is -2.06. The summed E-state index contributed by atoms with van der Waals surface area (Å²) < 4.78 is 18.1. The molecule has 0 unspecified atom stereocenters. The highest BCUT2D eigenvalue weighted by Gasteiger charge is 2.03. The van der Waals surface area contributed by atoms with Crippen molar-refractivity contribution in [3.05, 3.63) is 65.5 Å². The molecular formula is C17H18FNO2. The predicted octanol–water partition coefficient (Wildman–Crippen LogP) is 3.08. The van der Waals surface area contributed by atoms with Gasteiger partial charge in [0, 0.05) is 13.0 Å². The fourth-order valence-corrected chi connectivity index (χ4v) is 1.99. The van der Waals surface area contributed by atoms with Crippen molar-refractivity contribution in [2.45, 2.75) is 19.4 Å². The van der Waals surface area contributed by atoms with Crippen LogP contribution in [0.3, 0.4) is 0 Å². The van der Waals surface area contributed by atoms with E-state index in [1.54, 1.807) is 19.2 Å². The van der Waals surface area contributed by atoms with Gasteiger partial charge in [-0.2, -0.15) is 0 Å². The highest BCUT2D eigenvalue weighted by Crippen LogP contribution is 2.12. The average Bonchev–Trinajstić information content (AvgIpc) is 2.51. The van der Waals surface area contributed by atoms with Crippen molar-refractivity contribution in [2.75, 3.05) is 7.11 Å². The number of amides is 1. The number of hydrogen-bond donors (Lipinski definition) is 1. The fourth-order valence-electron chi connectivity index (χ4n) is 1.99. The molecule has 2 aromatic carbocycles. The summed E-state index contributed by atoms with van der Waals surface area (Å²) >= 11 is 0. The molecule has 2 aromatic rings. The maximum absolute atomic E-state index is 13.0. The first kappa shape index (κ1) is 15.0. The summed E-state index contributed by atoms with van der Waals surface area (Å²) in [5, 5.41) is 2.79. The molecule has 0 heterocycles. The molecule has 0 radical (unpaired) electrons. The van der Waals surface area contributed by atoms with Crippen LogP contribution in [-0.2, 0) is 17.8 Å². The number of carbonyl (C=O) groups is 1. The zero-order valence-corrected chi connectivity index (χ0v) is 11.9. The van der Waals surface area contributed by atoms with Gasteiger partial charge < -0.3 is 10.1 Å². The molecule has 0 saturated carbocycles. The van der Waals surface area contributed by atoms with Crippen molar-refractivity contribution in [1.29, 1.82) is 0 Å². The van der Waals surface area contributed by atoms with Gasteiger partial charge in [-0.3, -0.25) is 4.79 Å². The third-order valence-electron chi connectivity index (χ3n) is 3.18. The summed E-state index contributed by atoms with van der Waals surface area (Å²) in [7, 11) is 1.62. The third kappa shape index (κ3) is 4.91. The second-order valence-corrected chi connectivity index (χ2v) is 4.75. The van der Waals surface area contributed by atoms with Crippen LogP contribution in [0.2, 0.25) is 0 Å². The molecule has 0 aliphatic rings. The van der Waals surface area contributed by atoms with E-state index in [0.29, 0.717) is 19.4 Å². The average molecular weight is 287 g/mol. The number of methoxy groups -OCH3 is 1. The van der Waals surface area contributed by atoms with Crippen molar-refractivity contribution in [2.24, 2.45) is 0 Å². The molecule has 0 aromatic heterocycles. The molecule has 0 bridgehead atoms. The van der Waals surface area contributed by atoms with Gasteiger partial charge in [0.1, 0.15) is 11.6 Å². The highest BCUT2D eigenvalue weighted by molar-refractivity contribution is 5.76. The monoisotopic (exact) mass is 287 g/mol. The van der Waals surface area contributed by atoms with E-state index in [1.165, 1.54) is 12.1 Å². The number of rotatable bonds is 6. The molecule has 2 rings (SSSR count). The van der Waals surface area contributed by atoms with Crippen molar-refractivity contribution in [3.63, 3.8) is 0 Å². The van der Waals surface area contributed by atoms with Crippen molar-refractivity contribution in [3.8, 4) is 5.75 Å². The van der Waals surface area contributed by atoms with E-state index in [9.17, 15) is 9.18 Å². The predicted molar refractivity (Wildman–Crippen MR) is 79.6 cm³/mol. The molecule has 0 atom stereocenters. The third-order valence-corrected chi connectivity index (χ3v) is 3.18. The van der Waals surface area contributed by atoms with Crippen LogP contribution in [0.5, 0.6) is 5.75 Å². The van der Waals surface area contributed by atoms with Gasteiger partial charge in [0.25, 0.3) is 0 Å². The fraction of sp³-hybridized carbons (Fsp3) is 0.235. The first-order valence-electron chi connectivity index (χ1n) is 6.81. The summed E-state index contributed by atoms with van der Waals surface area (Å²) in [6.45, 7) is 0.346. The molecule has 0 spiro atoms. The number of halogens is 1. The van der Waals surface area contributed by atoms with Gasteiger partial charge in [-0.15, -0.1) is 0 Å². The van der Waals surface area contributed by atoms with Gasteiger partial charge in [-0.05, 0) is 41.8 Å². The first-order valence-corrected chi connectivity index (χ1v) is 6.81. The second-order valence-electron chi connectivity index (χ2n) is 4.75. The smallest absolute Gasteiger partial charge is 0.220 e. The van der Waals surface area contributed by atoms with Crippen molar-refractivity contribution in [1.82, 2.24) is 5.32 Å². The minimum absolute atomic E-state index is 0.0462. The Bertz CT molecular complexity index is 596. The Labute approximate surface area is 123 Å². The molecule has 1 amide bonds. The molecule has 110 valence electrons. The van der Waals surface area contributed by atoms with E-state index in [0.717, 1.165) is 16.9 Å². The summed E-state index contributed by atoms with van der Waals surface area (Å²) in [5.41, 5.74) is 1.84. The van der Waals surface area contributed by atoms with Gasteiger partial charge in [0.05, 0.1) is 7.11 Å². The zero-order valence-electron chi connectivity index (χ0n) is 11.9. The first-order chi connectivity index (χ1) is 10.2. The SMILES string of the molecule is COc1ccc(CCC(=O)NCc2cccc(F)c2)cc1. The van der Waals surface area contributed by atoms with Crippen LogP contribution >= 0.6 is 0 Å². The Morgan fingerprint density at radius 1 is 1.14 bits per heavy atom. The summed E-state index contributed by atoms with van der Waals surface area (Å²) in [6, 6.07) is 13.9. The van der Waals surface area contributed by atoms with Gasteiger partial charge in [0.15, 0.2) is 0 Å². The van der Waals surface area contributed by atoms with Crippen LogP contribution in [0.15, 0.2) is 48.5 Å². The van der Waals surface area contributed by atoms with Crippen LogP contribution in [-0.4, -0.2) is 13.0 Å². The zero-order chi connectivity index (χ0) is 15.1. The number of benzene rings is 2. The van der Waals surface area contributed by atoms with Crippen LogP contribution in [0, 0.1) is 5.82 Å². The van der Waals surface area contributed by atoms with E-state index in [-0.39, 0.29) is 11.7 Å². The van der Waals surface area contributed by atoms with Crippen LogP contribution in [0.25, 0.3) is 0 Å². The Hall–Kier alpha value is -2.36. The Morgan fingerprint density at radius 3 is 2.57 bits per heavy atom. The van der Waals surface area contributed by atoms with E-state index >= 15 is 0 Å². The maximum atomic E-state index is 13.0. The Balaban J connectivity index is 1.76. The Morgan fingerprint density at radius 2 is 1.90 bits per heavy atom. The second kappa shape index (κ2) is 7.43. The van der Waals surface area contributed by atoms with Crippen LogP contribution in [0.1, 0.15) is 17.5 Å². The standard InChI is InChI=1S/C17H18FNO2/c1-21-16-8-5-13(6-9-16)7-10-17(20)19-12-14-3-2-4-15(18)11-14/h2-6,8-9,11H,7,10,12H2,1H3,(H,19,20). The molecule has 0 fully saturated rings. The van der Waals surface area contributed by atoms with Gasteiger partial charge in [0.2, 0.25) is 5.91 Å². The van der Waals surface area contributed by atoms with Crippen molar-refractivity contribution < 1.29 is 13.9 Å². The van der Waals surface area contributed by atoms with Gasteiger partial charge >= 0.3 is 0 Å². The molecule has 4 heteroatoms. The molecule has 21 heavy (non-hydrogen) atoms. The number of hydrogen-bond acceptors (Lipinski definition) is 2. The number of aryl methyl sites for hydroxylation is 1. The number of ether oxygens (including phenoxy) is 1. The summed E-state index contributed by atoms with van der Waals surface area (Å²) in [6.07, 6.45) is 1.07. The van der Waals surface area contributed by atoms with Crippen LogP contribution < -0.4 is 10.1 Å². The minimum atomic E-state index is -0.292. The number of nitrogens with one attached hydrogen (secondary N) is 1. The van der Waals surface area contributed by atoms with E-state index in [4.69, 9.17) is 4.74 Å². The topological polar surface area (TPSA) is 38.3 Å². The van der Waals surface area contributed by atoms with Crippen LogP contribution in [0.4, 0.5) is 4.39 Å². The molecule has 1 N–H and O–H groups in total. The molecule has 0 aliphatic carbocycles. The highest BCUT2D eigenvalue weighted by atomic mass is 19.1. The number of carbonyl (C=O) groups excluding carboxylic acids is 1. The molecular weight excluding hydrogens is 269 g/mol. The van der Waals surface area contributed by atoms with Gasteiger partial charge in [-0.25, -0.2) is 4.39 Å². The lowest BCUT2D eigenvalue weighted by atomic mass is 10.1. The largest absolute Gasteiger partial charge is 0.497 e. The Kier molecular flexibility index (Phi) is 5.32. The lowest BCUT2D eigenvalue weighted by molar-refractivity contribution is -0.121. The quantitative estimate of drug-likeness (QED) is 0.886.